The molecule has 0 radical (unpaired) electrons. The minimum absolute atomic E-state index is 0.113. The highest BCUT2D eigenvalue weighted by Crippen LogP contribution is 2.64. The lowest BCUT2D eigenvalue weighted by Crippen LogP contribution is -2.33. The van der Waals surface area contributed by atoms with E-state index in [0.29, 0.717) is 0 Å². The van der Waals surface area contributed by atoms with Crippen molar-refractivity contribution >= 4 is 39.0 Å². The lowest BCUT2D eigenvalue weighted by Gasteiger charge is -2.41. The van der Waals surface area contributed by atoms with Gasteiger partial charge in [0.15, 0.2) is 0 Å². The van der Waals surface area contributed by atoms with Crippen LogP contribution in [0, 0.1) is 0 Å². The zero-order valence-corrected chi connectivity index (χ0v) is 45.4. The predicted octanol–water partition coefficient (Wildman–Crippen LogP) is 20.1. The van der Waals surface area contributed by atoms with Crippen LogP contribution in [0.15, 0.2) is 253 Å². The van der Waals surface area contributed by atoms with Crippen molar-refractivity contribution in [2.75, 3.05) is 4.90 Å². The molecular weight excluding hydrogens is 959 g/mol. The maximum absolute atomic E-state index is 7.11. The summed E-state index contributed by atoms with van der Waals surface area (Å²) in [6.07, 6.45) is 0. The normalized spacial score (nSPS) is 14.3. The Balaban J connectivity index is 1.06. The monoisotopic (exact) mass is 1020 g/mol. The Hall–Kier alpha value is -9.18. The van der Waals surface area contributed by atoms with Crippen LogP contribution in [0.1, 0.15) is 97.2 Å². The highest BCUT2D eigenvalue weighted by Gasteiger charge is 2.52. The third-order valence-corrected chi connectivity index (χ3v) is 17.5. The lowest BCUT2D eigenvalue weighted by atomic mass is 9.64. The van der Waals surface area contributed by atoms with Gasteiger partial charge in [0.25, 0.3) is 0 Å². The molecule has 3 heteroatoms. The maximum Gasteiger partial charge on any atom is 0.136 e. The fraction of sp³-hybridized carbons (Fsp3) is 0.132. The molecule has 1 aliphatic heterocycles. The topological polar surface area (TPSA) is 25.6 Å². The number of para-hydroxylation sites is 2. The van der Waals surface area contributed by atoms with Gasteiger partial charge in [-0.2, -0.15) is 0 Å². The Morgan fingerprint density at radius 3 is 1.37 bits per heavy atom. The minimum atomic E-state index is -0.727. The fourth-order valence-corrected chi connectivity index (χ4v) is 13.9. The van der Waals surface area contributed by atoms with E-state index in [1.165, 1.54) is 66.8 Å². The molecule has 12 aromatic rings. The smallest absolute Gasteiger partial charge is 0.136 e. The molecule has 0 saturated carbocycles. The van der Waals surface area contributed by atoms with E-state index in [0.717, 1.165) is 72.8 Å². The third-order valence-electron chi connectivity index (χ3n) is 17.5. The Morgan fingerprint density at radius 2 is 0.785 bits per heavy atom. The van der Waals surface area contributed by atoms with Gasteiger partial charge in [-0.05, 0) is 150 Å². The summed E-state index contributed by atoms with van der Waals surface area (Å²) in [6, 6.07) is 92.7. The highest BCUT2D eigenvalue weighted by atomic mass is 16.5. The van der Waals surface area contributed by atoms with Crippen molar-refractivity contribution in [3.63, 3.8) is 0 Å². The van der Waals surface area contributed by atoms with Gasteiger partial charge in [0.1, 0.15) is 22.7 Å². The molecule has 79 heavy (non-hydrogen) atoms. The number of furan rings is 1. The third kappa shape index (κ3) is 6.78. The van der Waals surface area contributed by atoms with Gasteiger partial charge in [0.2, 0.25) is 0 Å². The number of fused-ring (bicyclic) bond motifs is 15. The van der Waals surface area contributed by atoms with Gasteiger partial charge in [-0.1, -0.05) is 224 Å². The van der Waals surface area contributed by atoms with Gasteiger partial charge < -0.3 is 14.1 Å². The van der Waals surface area contributed by atoms with Gasteiger partial charge >= 0.3 is 0 Å². The molecule has 11 aromatic carbocycles. The van der Waals surface area contributed by atoms with E-state index in [4.69, 9.17) is 9.15 Å². The van der Waals surface area contributed by atoms with E-state index >= 15 is 0 Å². The van der Waals surface area contributed by atoms with E-state index in [9.17, 15) is 0 Å². The predicted molar refractivity (Wildman–Crippen MR) is 326 cm³/mol. The molecule has 0 amide bonds. The van der Waals surface area contributed by atoms with Gasteiger partial charge in [-0.25, -0.2) is 0 Å². The van der Waals surface area contributed by atoms with Gasteiger partial charge in [0, 0.05) is 38.8 Å². The van der Waals surface area contributed by atoms with Crippen molar-refractivity contribution in [1.82, 2.24) is 0 Å². The van der Waals surface area contributed by atoms with Crippen LogP contribution in [0.25, 0.3) is 55.3 Å². The van der Waals surface area contributed by atoms with Crippen molar-refractivity contribution in [1.29, 1.82) is 0 Å². The SMILES string of the molecule is CC(C)(C)c1ccc2c(c1)C1(c3cc(C(C)(C)C)ccc3O2)c2ccccc2-c2ccc(N(c3ccc4c(c3)C(c3ccccc3)(c3ccccc3)c3ccccc3-4)c3ccccc3-c3cccc4oc5ccccc5c34)cc21. The summed E-state index contributed by atoms with van der Waals surface area (Å²) in [5, 5.41) is 2.20. The molecule has 2 heterocycles. The van der Waals surface area contributed by atoms with E-state index in [1.54, 1.807) is 0 Å². The van der Waals surface area contributed by atoms with Crippen LogP contribution >= 0.6 is 0 Å². The Bertz CT molecular complexity index is 4330. The lowest BCUT2D eigenvalue weighted by molar-refractivity contribution is 0.433. The Morgan fingerprint density at radius 1 is 0.329 bits per heavy atom. The summed E-state index contributed by atoms with van der Waals surface area (Å²) < 4.78 is 13.7. The van der Waals surface area contributed by atoms with Crippen molar-refractivity contribution in [3.8, 4) is 44.9 Å². The van der Waals surface area contributed by atoms with Crippen LogP contribution in [0.2, 0.25) is 0 Å². The van der Waals surface area contributed by atoms with E-state index < -0.39 is 10.8 Å². The second kappa shape index (κ2) is 17.2. The van der Waals surface area contributed by atoms with Crippen LogP contribution in [0.5, 0.6) is 11.5 Å². The van der Waals surface area contributed by atoms with Gasteiger partial charge in [-0.15, -0.1) is 0 Å². The summed E-state index contributed by atoms with van der Waals surface area (Å²) in [4.78, 5) is 2.54. The number of rotatable bonds is 6. The van der Waals surface area contributed by atoms with Crippen LogP contribution in [-0.4, -0.2) is 0 Å². The molecule has 0 N–H and O–H groups in total. The van der Waals surface area contributed by atoms with Crippen LogP contribution in [0.4, 0.5) is 17.1 Å². The number of benzene rings is 11. The molecule has 0 fully saturated rings. The summed E-state index contributed by atoms with van der Waals surface area (Å²) >= 11 is 0. The van der Waals surface area contributed by atoms with Crippen molar-refractivity contribution in [2.45, 2.75) is 63.2 Å². The van der Waals surface area contributed by atoms with Gasteiger partial charge in [0.05, 0.1) is 16.5 Å². The average Bonchev–Trinajstić information content (AvgIpc) is 4.19. The molecule has 0 bridgehead atoms. The van der Waals surface area contributed by atoms with E-state index in [-0.39, 0.29) is 10.8 Å². The van der Waals surface area contributed by atoms with Crippen molar-refractivity contribution in [3.05, 3.63) is 304 Å². The Labute approximate surface area is 463 Å². The molecule has 0 saturated heterocycles. The molecule has 0 unspecified atom stereocenters. The molecular formula is C76H59NO2. The molecule has 0 atom stereocenters. The maximum atomic E-state index is 7.11. The summed E-state index contributed by atoms with van der Waals surface area (Å²) in [5.74, 6) is 1.77. The first-order valence-corrected chi connectivity index (χ1v) is 27.8. The van der Waals surface area contributed by atoms with Crippen LogP contribution < -0.4 is 9.64 Å². The molecule has 3 nitrogen and oxygen atoms in total. The minimum Gasteiger partial charge on any atom is -0.457 e. The van der Waals surface area contributed by atoms with Crippen molar-refractivity contribution < 1.29 is 9.15 Å². The summed E-state index contributed by atoms with van der Waals surface area (Å²) in [5.41, 5.74) is 22.9. The molecule has 1 aromatic heterocycles. The number of anilines is 3. The second-order valence-corrected chi connectivity index (χ2v) is 23.9. The van der Waals surface area contributed by atoms with E-state index in [2.05, 4.69) is 295 Å². The standard InChI is InChI=1S/C76H59NO2/c1-73(2,3)50-36-42-69-65(44-50)76(66-45-51(74(4,5)6)37-43-70(66)79-69)62-32-18-14-27-55(62)57-41-39-53(47-64(57)76)77(67-33-19-15-28-58(67)59-30-21-35-71-72(59)60-29-16-20-34-68(60)78-71)52-38-40-56-54-26-13-17-31-61(54)75(63(56)46-52,48-22-9-7-10-23-48)49-24-11-8-12-25-49/h7-47H,1-6H3. The number of hydrogen-bond acceptors (Lipinski definition) is 3. The summed E-state index contributed by atoms with van der Waals surface area (Å²) in [6.45, 7) is 13.9. The first-order valence-electron chi connectivity index (χ1n) is 27.8. The quantitative estimate of drug-likeness (QED) is 0.166. The highest BCUT2D eigenvalue weighted by molar-refractivity contribution is 6.14. The number of hydrogen-bond donors (Lipinski definition) is 0. The fourth-order valence-electron chi connectivity index (χ4n) is 13.9. The Kier molecular flexibility index (Phi) is 10.2. The largest absolute Gasteiger partial charge is 0.457 e. The zero-order valence-electron chi connectivity index (χ0n) is 45.4. The number of nitrogens with zero attached hydrogens (tertiary/aromatic N) is 1. The summed E-state index contributed by atoms with van der Waals surface area (Å²) in [7, 11) is 0. The average molecular weight is 1020 g/mol. The number of ether oxygens (including phenoxy) is 1. The van der Waals surface area contributed by atoms with Crippen LogP contribution in [-0.2, 0) is 21.7 Å². The first kappa shape index (κ1) is 47.1. The molecule has 15 rings (SSSR count). The van der Waals surface area contributed by atoms with Crippen LogP contribution in [0.3, 0.4) is 0 Å². The van der Waals surface area contributed by atoms with Gasteiger partial charge in [-0.3, -0.25) is 0 Å². The zero-order chi connectivity index (χ0) is 53.4. The first-order chi connectivity index (χ1) is 38.4. The molecule has 1 spiro atoms. The van der Waals surface area contributed by atoms with Crippen molar-refractivity contribution in [2.24, 2.45) is 0 Å². The van der Waals surface area contributed by atoms with E-state index in [1.807, 2.05) is 0 Å². The second-order valence-electron chi connectivity index (χ2n) is 23.9. The molecule has 3 aliphatic rings. The molecule has 2 aliphatic carbocycles. The molecule has 380 valence electrons.